The number of amides is 1. The number of esters is 1. The van der Waals surface area contributed by atoms with Gasteiger partial charge in [0, 0.05) is 25.6 Å². The van der Waals surface area contributed by atoms with Crippen LogP contribution in [-0.2, 0) is 14.3 Å². The Hall–Kier alpha value is -3.13. The van der Waals surface area contributed by atoms with Crippen LogP contribution in [0, 0.1) is 6.92 Å². The van der Waals surface area contributed by atoms with Crippen LogP contribution >= 0.6 is 0 Å². The molecule has 1 aromatic heterocycles. The molecule has 154 valence electrons. The lowest BCUT2D eigenvalue weighted by Gasteiger charge is -2.28. The number of nitrogens with zero attached hydrogens (tertiary/aromatic N) is 1. The molecule has 29 heavy (non-hydrogen) atoms. The first-order chi connectivity index (χ1) is 13.9. The summed E-state index contributed by atoms with van der Waals surface area (Å²) < 4.78 is 15.6. The fourth-order valence-corrected chi connectivity index (χ4v) is 3.31. The van der Waals surface area contributed by atoms with E-state index in [1.807, 2.05) is 0 Å². The topological polar surface area (TPSA) is 106 Å². The highest BCUT2D eigenvalue weighted by Gasteiger charge is 2.28. The van der Waals surface area contributed by atoms with Crippen molar-refractivity contribution in [2.75, 3.05) is 33.4 Å². The lowest BCUT2D eigenvalue weighted by Crippen LogP contribution is -2.41. The molecule has 0 aliphatic carbocycles. The third-order valence-corrected chi connectivity index (χ3v) is 4.87. The Bertz CT molecular complexity index is 942. The molecule has 1 aliphatic rings. The van der Waals surface area contributed by atoms with Crippen molar-refractivity contribution in [2.24, 2.45) is 0 Å². The Balaban J connectivity index is 1.98. The Morgan fingerprint density at radius 2 is 1.86 bits per heavy atom. The number of hydrogen-bond acceptors (Lipinski definition) is 7. The molecule has 0 saturated carbocycles. The van der Waals surface area contributed by atoms with E-state index in [2.05, 4.69) is 0 Å². The average Bonchev–Trinajstić information content (AvgIpc) is 2.74. The lowest BCUT2D eigenvalue weighted by molar-refractivity contribution is -0.135. The normalized spacial score (nSPS) is 15.0. The Labute approximate surface area is 167 Å². The third kappa shape index (κ3) is 4.65. The van der Waals surface area contributed by atoms with Crippen molar-refractivity contribution in [3.63, 3.8) is 0 Å². The van der Waals surface area contributed by atoms with Crippen molar-refractivity contribution in [1.29, 1.82) is 0 Å². The zero-order valence-corrected chi connectivity index (χ0v) is 16.3. The second kappa shape index (κ2) is 8.91. The van der Waals surface area contributed by atoms with E-state index in [0.29, 0.717) is 43.2 Å². The van der Waals surface area contributed by atoms with Gasteiger partial charge in [0.25, 0.3) is 0 Å². The van der Waals surface area contributed by atoms with Crippen LogP contribution in [0.25, 0.3) is 0 Å². The summed E-state index contributed by atoms with van der Waals surface area (Å²) in [7, 11) is 1.29. The fraction of sp³-hybridized carbons (Fsp3) is 0.381. The maximum atomic E-state index is 12.9. The molecule has 8 nitrogen and oxygen atoms in total. The molecule has 0 spiro atoms. The molecular weight excluding hydrogens is 378 g/mol. The number of carbonyl (C=O) groups excluding carboxylic acids is 2. The van der Waals surface area contributed by atoms with Gasteiger partial charge >= 0.3 is 5.97 Å². The zero-order chi connectivity index (χ0) is 21.0. The summed E-state index contributed by atoms with van der Waals surface area (Å²) in [6.07, 6.45) is -0.00246. The molecule has 2 aromatic rings. The second-order valence-electron chi connectivity index (χ2n) is 6.80. The summed E-state index contributed by atoms with van der Waals surface area (Å²) in [5, 5.41) is 10.3. The molecule has 1 fully saturated rings. The van der Waals surface area contributed by atoms with Gasteiger partial charge in [-0.2, -0.15) is 0 Å². The molecule has 0 radical (unpaired) electrons. The Morgan fingerprint density at radius 3 is 2.48 bits per heavy atom. The fourth-order valence-electron chi connectivity index (χ4n) is 3.31. The van der Waals surface area contributed by atoms with Crippen LogP contribution in [0.15, 0.2) is 39.5 Å². The first kappa shape index (κ1) is 20.6. The van der Waals surface area contributed by atoms with E-state index >= 15 is 0 Å². The van der Waals surface area contributed by atoms with E-state index < -0.39 is 23.1 Å². The molecule has 1 atom stereocenters. The summed E-state index contributed by atoms with van der Waals surface area (Å²) in [6, 6.07) is 7.65. The Morgan fingerprint density at radius 1 is 1.21 bits per heavy atom. The van der Waals surface area contributed by atoms with Crippen molar-refractivity contribution >= 4 is 11.9 Å². The quantitative estimate of drug-likeness (QED) is 0.762. The standard InChI is InChI=1S/C21H23NO7/c1-13-11-17(23)19(25)20(29-13)16(12-18(24)22-7-9-28-10-8-22)14-3-5-15(6-4-14)21(26)27-2/h3-6,11,16,25H,7-10,12H2,1-2H3. The van der Waals surface area contributed by atoms with E-state index in [9.17, 15) is 19.5 Å². The summed E-state index contributed by atoms with van der Waals surface area (Å²) in [5.74, 6) is -1.47. The van der Waals surface area contributed by atoms with Crippen LogP contribution in [0.2, 0.25) is 0 Å². The van der Waals surface area contributed by atoms with Crippen LogP contribution in [0.1, 0.15) is 39.8 Å². The van der Waals surface area contributed by atoms with Crippen LogP contribution < -0.4 is 5.43 Å². The highest BCUT2D eigenvalue weighted by molar-refractivity contribution is 5.89. The van der Waals surface area contributed by atoms with Crippen LogP contribution in [0.5, 0.6) is 5.75 Å². The van der Waals surface area contributed by atoms with Gasteiger partial charge in [0.15, 0.2) is 5.76 Å². The highest BCUT2D eigenvalue weighted by Crippen LogP contribution is 2.33. The summed E-state index contributed by atoms with van der Waals surface area (Å²) in [6.45, 7) is 3.50. The maximum absolute atomic E-state index is 12.9. The number of aryl methyl sites for hydroxylation is 1. The predicted octanol–water partition coefficient (Wildman–Crippen LogP) is 1.82. The van der Waals surface area contributed by atoms with Gasteiger partial charge in [-0.05, 0) is 24.6 Å². The van der Waals surface area contributed by atoms with E-state index in [1.165, 1.54) is 13.2 Å². The van der Waals surface area contributed by atoms with Crippen molar-refractivity contribution in [3.05, 3.63) is 63.2 Å². The molecule has 3 rings (SSSR count). The van der Waals surface area contributed by atoms with Gasteiger partial charge in [-0.15, -0.1) is 0 Å². The van der Waals surface area contributed by atoms with Gasteiger partial charge in [-0.3, -0.25) is 9.59 Å². The maximum Gasteiger partial charge on any atom is 0.337 e. The second-order valence-corrected chi connectivity index (χ2v) is 6.80. The molecule has 1 unspecified atom stereocenters. The van der Waals surface area contributed by atoms with Crippen molar-refractivity contribution in [3.8, 4) is 5.75 Å². The molecule has 8 heteroatoms. The number of ether oxygens (including phenoxy) is 2. The van der Waals surface area contributed by atoms with E-state index in [-0.39, 0.29) is 18.1 Å². The van der Waals surface area contributed by atoms with Crippen LogP contribution in [0.3, 0.4) is 0 Å². The molecule has 1 N–H and O–H groups in total. The molecule has 1 aliphatic heterocycles. The van der Waals surface area contributed by atoms with Crippen LogP contribution in [0.4, 0.5) is 0 Å². The van der Waals surface area contributed by atoms with Gasteiger partial charge in [-0.25, -0.2) is 4.79 Å². The Kier molecular flexibility index (Phi) is 6.33. The van der Waals surface area contributed by atoms with Crippen molar-refractivity contribution in [2.45, 2.75) is 19.3 Å². The minimum atomic E-state index is -0.690. The third-order valence-electron chi connectivity index (χ3n) is 4.87. The summed E-state index contributed by atoms with van der Waals surface area (Å²) in [4.78, 5) is 38.3. The number of rotatable bonds is 5. The number of carbonyl (C=O) groups is 2. The van der Waals surface area contributed by atoms with Gasteiger partial charge in [0.05, 0.1) is 31.8 Å². The SMILES string of the molecule is COC(=O)c1ccc(C(CC(=O)N2CCOCC2)c2oc(C)cc(=O)c2O)cc1. The average molecular weight is 401 g/mol. The minimum Gasteiger partial charge on any atom is -0.502 e. The number of morpholine rings is 1. The number of benzene rings is 1. The largest absolute Gasteiger partial charge is 0.502 e. The van der Waals surface area contributed by atoms with Gasteiger partial charge < -0.3 is 23.9 Å². The smallest absolute Gasteiger partial charge is 0.337 e. The molecule has 1 saturated heterocycles. The first-order valence-electron chi connectivity index (χ1n) is 9.28. The molecule has 1 aromatic carbocycles. The number of hydrogen-bond donors (Lipinski definition) is 1. The predicted molar refractivity (Wildman–Crippen MR) is 103 cm³/mol. The first-order valence-corrected chi connectivity index (χ1v) is 9.28. The van der Waals surface area contributed by atoms with Gasteiger partial charge in [0.2, 0.25) is 17.1 Å². The minimum absolute atomic E-state index is 0.00246. The lowest BCUT2D eigenvalue weighted by atomic mass is 9.91. The number of aromatic hydroxyl groups is 1. The van der Waals surface area contributed by atoms with E-state index in [0.717, 1.165) is 0 Å². The van der Waals surface area contributed by atoms with Crippen molar-refractivity contribution in [1.82, 2.24) is 4.90 Å². The van der Waals surface area contributed by atoms with Gasteiger partial charge in [0.1, 0.15) is 5.76 Å². The highest BCUT2D eigenvalue weighted by atomic mass is 16.5. The molecule has 2 heterocycles. The summed E-state index contributed by atoms with van der Waals surface area (Å²) >= 11 is 0. The van der Waals surface area contributed by atoms with E-state index in [1.54, 1.807) is 36.1 Å². The molecule has 1 amide bonds. The molecular formula is C21H23NO7. The summed E-state index contributed by atoms with van der Waals surface area (Å²) in [5.41, 5.74) is 0.409. The van der Waals surface area contributed by atoms with Gasteiger partial charge in [-0.1, -0.05) is 12.1 Å². The molecule has 0 bridgehead atoms. The van der Waals surface area contributed by atoms with Crippen molar-refractivity contribution < 1.29 is 28.6 Å². The van der Waals surface area contributed by atoms with Crippen LogP contribution in [-0.4, -0.2) is 55.3 Å². The monoisotopic (exact) mass is 401 g/mol. The number of methoxy groups -OCH3 is 1. The zero-order valence-electron chi connectivity index (χ0n) is 16.3. The van der Waals surface area contributed by atoms with E-state index in [4.69, 9.17) is 13.9 Å².